The summed E-state index contributed by atoms with van der Waals surface area (Å²) in [4.78, 5) is 13.5. The first kappa shape index (κ1) is 16.5. The topological polar surface area (TPSA) is 37.1 Å². The van der Waals surface area contributed by atoms with Crippen molar-refractivity contribution in [2.24, 2.45) is 15.0 Å². The van der Waals surface area contributed by atoms with E-state index in [2.05, 4.69) is 28.8 Å². The second-order valence-electron chi connectivity index (χ2n) is 5.45. The summed E-state index contributed by atoms with van der Waals surface area (Å²) in [7, 11) is 0. The van der Waals surface area contributed by atoms with Gasteiger partial charge in [-0.2, -0.15) is 0 Å². The van der Waals surface area contributed by atoms with Crippen LogP contribution in [0.5, 0.6) is 0 Å². The van der Waals surface area contributed by atoms with E-state index in [1.807, 2.05) is 78.9 Å². The molecule has 0 aliphatic carbocycles. The zero-order chi connectivity index (χ0) is 17.3. The van der Waals surface area contributed by atoms with E-state index in [9.17, 15) is 0 Å². The van der Waals surface area contributed by atoms with Crippen LogP contribution in [0.1, 0.15) is 16.7 Å². The molecule has 3 aromatic rings. The molecular formula is C22H19N3. The van der Waals surface area contributed by atoms with Crippen LogP contribution in [-0.4, -0.2) is 18.4 Å². The van der Waals surface area contributed by atoms with Gasteiger partial charge >= 0.3 is 0 Å². The Bertz CT molecular complexity index is 867. The van der Waals surface area contributed by atoms with Gasteiger partial charge in [0.2, 0.25) is 0 Å². The number of nitrogens with zero attached hydrogens (tertiary/aromatic N) is 3. The molecule has 25 heavy (non-hydrogen) atoms. The van der Waals surface area contributed by atoms with Gasteiger partial charge in [-0.1, -0.05) is 91.0 Å². The summed E-state index contributed by atoms with van der Waals surface area (Å²) in [6.45, 7) is 4.23. The van der Waals surface area contributed by atoms with Crippen molar-refractivity contribution in [3.63, 3.8) is 0 Å². The Kier molecular flexibility index (Phi) is 5.62. The predicted octanol–water partition coefficient (Wildman–Crippen LogP) is 4.78. The minimum atomic E-state index is 0.563. The monoisotopic (exact) mass is 325 g/mol. The SMILES string of the molecule is C=NC(=NC(=NCc1ccccc1)c1ccccc1)c1ccccc1. The minimum Gasteiger partial charge on any atom is -0.261 e. The molecule has 0 aliphatic rings. The minimum absolute atomic E-state index is 0.563. The number of hydrogen-bond acceptors (Lipinski definition) is 1. The Morgan fingerprint density at radius 3 is 1.64 bits per heavy atom. The molecule has 0 bridgehead atoms. The van der Waals surface area contributed by atoms with Gasteiger partial charge in [-0.15, -0.1) is 0 Å². The molecule has 3 aromatic carbocycles. The van der Waals surface area contributed by atoms with E-state index in [-0.39, 0.29) is 0 Å². The molecular weight excluding hydrogens is 306 g/mol. The summed E-state index contributed by atoms with van der Waals surface area (Å²) in [5, 5.41) is 0. The fraction of sp³-hybridized carbons (Fsp3) is 0.0455. The van der Waals surface area contributed by atoms with Crippen LogP contribution in [0.4, 0.5) is 0 Å². The summed E-state index contributed by atoms with van der Waals surface area (Å²) in [5.41, 5.74) is 3.01. The first-order valence-electron chi connectivity index (χ1n) is 8.11. The standard InChI is InChI=1S/C22H19N3/c1-23-21(19-13-7-3-8-14-19)25-22(20-15-9-4-10-16-20)24-17-18-11-5-2-6-12-18/h2-16H,1,17H2. The van der Waals surface area contributed by atoms with Gasteiger partial charge in [0.25, 0.3) is 0 Å². The molecule has 0 saturated carbocycles. The number of hydrogen-bond donors (Lipinski definition) is 0. The maximum absolute atomic E-state index is 4.72. The van der Waals surface area contributed by atoms with Crippen molar-refractivity contribution in [3.8, 4) is 0 Å². The van der Waals surface area contributed by atoms with E-state index in [1.165, 1.54) is 0 Å². The second kappa shape index (κ2) is 8.50. The van der Waals surface area contributed by atoms with Crippen molar-refractivity contribution in [3.05, 3.63) is 108 Å². The molecule has 0 aromatic heterocycles. The third-order valence-electron chi connectivity index (χ3n) is 3.68. The lowest BCUT2D eigenvalue weighted by Crippen LogP contribution is -2.05. The first-order valence-corrected chi connectivity index (χ1v) is 8.11. The highest BCUT2D eigenvalue weighted by molar-refractivity contribution is 6.12. The van der Waals surface area contributed by atoms with Gasteiger partial charge in [-0.3, -0.25) is 4.99 Å². The molecule has 0 amide bonds. The molecule has 0 spiro atoms. The van der Waals surface area contributed by atoms with Crippen LogP contribution in [0.15, 0.2) is 106 Å². The summed E-state index contributed by atoms with van der Waals surface area (Å²) in [6, 6.07) is 29.9. The molecule has 122 valence electrons. The summed E-state index contributed by atoms with van der Waals surface area (Å²) >= 11 is 0. The number of amidine groups is 2. The van der Waals surface area contributed by atoms with E-state index in [0.717, 1.165) is 16.7 Å². The van der Waals surface area contributed by atoms with Crippen molar-refractivity contribution in [1.29, 1.82) is 0 Å². The number of rotatable bonds is 4. The zero-order valence-corrected chi connectivity index (χ0v) is 13.9. The number of benzene rings is 3. The summed E-state index contributed by atoms with van der Waals surface area (Å²) in [6.07, 6.45) is 0. The van der Waals surface area contributed by atoms with E-state index >= 15 is 0 Å². The second-order valence-corrected chi connectivity index (χ2v) is 5.45. The molecule has 0 fully saturated rings. The van der Waals surface area contributed by atoms with Gasteiger partial charge in [0.05, 0.1) is 6.54 Å². The van der Waals surface area contributed by atoms with Crippen molar-refractivity contribution in [2.75, 3.05) is 0 Å². The van der Waals surface area contributed by atoms with Gasteiger partial charge in [0, 0.05) is 11.1 Å². The van der Waals surface area contributed by atoms with Gasteiger partial charge < -0.3 is 0 Å². The third kappa shape index (κ3) is 4.58. The average molecular weight is 325 g/mol. The van der Waals surface area contributed by atoms with Crippen LogP contribution >= 0.6 is 0 Å². The molecule has 0 N–H and O–H groups in total. The van der Waals surface area contributed by atoms with E-state index in [1.54, 1.807) is 0 Å². The lowest BCUT2D eigenvalue weighted by Gasteiger charge is -2.05. The lowest BCUT2D eigenvalue weighted by atomic mass is 10.2. The maximum atomic E-state index is 4.72. The van der Waals surface area contributed by atoms with Crippen LogP contribution in [-0.2, 0) is 6.54 Å². The normalized spacial score (nSPS) is 12.0. The van der Waals surface area contributed by atoms with Crippen LogP contribution in [0.2, 0.25) is 0 Å². The summed E-state index contributed by atoms with van der Waals surface area (Å²) < 4.78 is 0. The van der Waals surface area contributed by atoms with Crippen LogP contribution < -0.4 is 0 Å². The first-order chi connectivity index (χ1) is 12.4. The Morgan fingerprint density at radius 1 is 0.640 bits per heavy atom. The van der Waals surface area contributed by atoms with Gasteiger partial charge in [0.1, 0.15) is 0 Å². The van der Waals surface area contributed by atoms with Gasteiger partial charge in [-0.25, -0.2) is 9.98 Å². The van der Waals surface area contributed by atoms with Crippen molar-refractivity contribution in [1.82, 2.24) is 0 Å². The molecule has 0 atom stereocenters. The molecule has 0 heterocycles. The molecule has 0 aliphatic heterocycles. The fourth-order valence-electron chi connectivity index (χ4n) is 2.41. The highest BCUT2D eigenvalue weighted by Crippen LogP contribution is 2.10. The summed E-state index contributed by atoms with van der Waals surface area (Å²) in [5.74, 6) is 1.21. The maximum Gasteiger partial charge on any atom is 0.161 e. The molecule has 0 saturated heterocycles. The zero-order valence-electron chi connectivity index (χ0n) is 13.9. The Hall–Kier alpha value is -3.33. The van der Waals surface area contributed by atoms with Crippen LogP contribution in [0.25, 0.3) is 0 Å². The van der Waals surface area contributed by atoms with Crippen LogP contribution in [0.3, 0.4) is 0 Å². The molecule has 3 rings (SSSR count). The van der Waals surface area contributed by atoms with E-state index in [0.29, 0.717) is 18.2 Å². The lowest BCUT2D eigenvalue weighted by molar-refractivity contribution is 1.06. The molecule has 0 radical (unpaired) electrons. The quantitative estimate of drug-likeness (QED) is 0.489. The molecule has 0 unspecified atom stereocenters. The van der Waals surface area contributed by atoms with Crippen LogP contribution in [0, 0.1) is 0 Å². The van der Waals surface area contributed by atoms with E-state index in [4.69, 9.17) is 4.99 Å². The number of aliphatic imine (C=N–C) groups is 3. The smallest absolute Gasteiger partial charge is 0.161 e. The highest BCUT2D eigenvalue weighted by Gasteiger charge is 2.06. The molecule has 3 nitrogen and oxygen atoms in total. The molecule has 3 heteroatoms. The van der Waals surface area contributed by atoms with Crippen molar-refractivity contribution in [2.45, 2.75) is 6.54 Å². The Morgan fingerprint density at radius 2 is 1.12 bits per heavy atom. The largest absolute Gasteiger partial charge is 0.261 e. The third-order valence-corrected chi connectivity index (χ3v) is 3.68. The Balaban J connectivity index is 1.99. The Labute approximate surface area is 148 Å². The fourth-order valence-corrected chi connectivity index (χ4v) is 2.41. The van der Waals surface area contributed by atoms with Gasteiger partial charge in [0.15, 0.2) is 11.7 Å². The van der Waals surface area contributed by atoms with E-state index < -0.39 is 0 Å². The van der Waals surface area contributed by atoms with Crippen molar-refractivity contribution >= 4 is 18.4 Å². The average Bonchev–Trinajstić information content (AvgIpc) is 2.70. The van der Waals surface area contributed by atoms with Gasteiger partial charge in [-0.05, 0) is 12.3 Å². The van der Waals surface area contributed by atoms with Crippen molar-refractivity contribution < 1.29 is 0 Å². The predicted molar refractivity (Wildman–Crippen MR) is 106 cm³/mol. The highest BCUT2D eigenvalue weighted by atomic mass is 15.0.